The van der Waals surface area contributed by atoms with Gasteiger partial charge in [-0.3, -0.25) is 9.59 Å². The molecule has 1 fully saturated rings. The van der Waals surface area contributed by atoms with Crippen LogP contribution >= 0.6 is 0 Å². The number of ether oxygens (including phenoxy) is 2. The van der Waals surface area contributed by atoms with E-state index in [-0.39, 0.29) is 17.6 Å². The SMILES string of the molecule is C=CCOc1ccc(C(=O)N2CCC(C(=O)c3ccc(CC(C)C)cc3)CC2)cc1OC. The highest BCUT2D eigenvalue weighted by molar-refractivity contribution is 5.98. The molecule has 1 aliphatic rings. The van der Waals surface area contributed by atoms with Gasteiger partial charge in [0.25, 0.3) is 5.91 Å². The van der Waals surface area contributed by atoms with Crippen LogP contribution < -0.4 is 9.47 Å². The fourth-order valence-electron chi connectivity index (χ4n) is 4.11. The monoisotopic (exact) mass is 435 g/mol. The van der Waals surface area contributed by atoms with Crippen LogP contribution in [0.2, 0.25) is 0 Å². The van der Waals surface area contributed by atoms with Gasteiger partial charge in [0.05, 0.1) is 7.11 Å². The van der Waals surface area contributed by atoms with Crippen molar-refractivity contribution in [3.63, 3.8) is 0 Å². The van der Waals surface area contributed by atoms with Crippen molar-refractivity contribution >= 4 is 11.7 Å². The number of nitrogens with zero attached hydrogens (tertiary/aromatic N) is 1. The summed E-state index contributed by atoms with van der Waals surface area (Å²) in [5.41, 5.74) is 2.58. The van der Waals surface area contributed by atoms with E-state index in [1.54, 1.807) is 31.4 Å². The Balaban J connectivity index is 1.59. The first-order chi connectivity index (χ1) is 15.4. The van der Waals surface area contributed by atoms with Crippen LogP contribution in [0.1, 0.15) is 53.0 Å². The number of carbonyl (C=O) groups is 2. The van der Waals surface area contributed by atoms with E-state index in [4.69, 9.17) is 9.47 Å². The van der Waals surface area contributed by atoms with Gasteiger partial charge in [-0.25, -0.2) is 0 Å². The third-order valence-electron chi connectivity index (χ3n) is 5.80. The van der Waals surface area contributed by atoms with Crippen molar-refractivity contribution in [1.29, 1.82) is 0 Å². The van der Waals surface area contributed by atoms with Crippen LogP contribution in [-0.4, -0.2) is 43.4 Å². The fraction of sp³-hybridized carbons (Fsp3) is 0.407. The molecule has 5 heteroatoms. The molecule has 0 radical (unpaired) electrons. The Bertz CT molecular complexity index is 941. The number of Topliss-reactive ketones (excluding diaryl/α,β-unsaturated/α-hetero) is 1. The van der Waals surface area contributed by atoms with Crippen LogP contribution in [0.5, 0.6) is 11.5 Å². The first kappa shape index (κ1) is 23.6. The molecule has 32 heavy (non-hydrogen) atoms. The number of ketones is 1. The molecule has 2 aromatic rings. The topological polar surface area (TPSA) is 55.8 Å². The van der Waals surface area contributed by atoms with Gasteiger partial charge in [-0.15, -0.1) is 0 Å². The molecule has 1 heterocycles. The zero-order chi connectivity index (χ0) is 23.1. The predicted octanol–water partition coefficient (Wildman–Crippen LogP) is 5.19. The molecule has 0 atom stereocenters. The average molecular weight is 436 g/mol. The Morgan fingerprint density at radius 3 is 2.31 bits per heavy atom. The van der Waals surface area contributed by atoms with Gasteiger partial charge in [0.1, 0.15) is 6.61 Å². The number of hydrogen-bond acceptors (Lipinski definition) is 4. The second kappa shape index (κ2) is 11.0. The summed E-state index contributed by atoms with van der Waals surface area (Å²) in [6.45, 7) is 9.52. The van der Waals surface area contributed by atoms with Crippen molar-refractivity contribution in [1.82, 2.24) is 4.90 Å². The third-order valence-corrected chi connectivity index (χ3v) is 5.80. The molecule has 0 N–H and O–H groups in total. The van der Waals surface area contributed by atoms with E-state index in [0.717, 1.165) is 12.0 Å². The van der Waals surface area contributed by atoms with Crippen molar-refractivity contribution in [2.75, 3.05) is 26.8 Å². The molecule has 0 unspecified atom stereocenters. The highest BCUT2D eigenvalue weighted by atomic mass is 16.5. The molecule has 0 spiro atoms. The summed E-state index contributed by atoms with van der Waals surface area (Å²) in [6.07, 6.45) is 4.02. The molecular formula is C27H33NO4. The van der Waals surface area contributed by atoms with E-state index in [1.165, 1.54) is 5.56 Å². The van der Waals surface area contributed by atoms with E-state index in [9.17, 15) is 9.59 Å². The fourth-order valence-corrected chi connectivity index (χ4v) is 4.11. The lowest BCUT2D eigenvalue weighted by Crippen LogP contribution is -2.40. The molecular weight excluding hydrogens is 402 g/mol. The summed E-state index contributed by atoms with van der Waals surface area (Å²) in [7, 11) is 1.55. The first-order valence-corrected chi connectivity index (χ1v) is 11.3. The van der Waals surface area contributed by atoms with Gasteiger partial charge in [0.2, 0.25) is 0 Å². The molecule has 1 amide bonds. The third kappa shape index (κ3) is 5.78. The molecule has 2 aromatic carbocycles. The lowest BCUT2D eigenvalue weighted by atomic mass is 9.88. The van der Waals surface area contributed by atoms with E-state index >= 15 is 0 Å². The number of likely N-dealkylation sites (tertiary alicyclic amines) is 1. The minimum absolute atomic E-state index is 0.0424. The maximum atomic E-state index is 13.0. The first-order valence-electron chi connectivity index (χ1n) is 11.3. The number of hydrogen-bond donors (Lipinski definition) is 0. The lowest BCUT2D eigenvalue weighted by Gasteiger charge is -2.31. The molecule has 0 aromatic heterocycles. The molecule has 1 aliphatic heterocycles. The number of amides is 1. The largest absolute Gasteiger partial charge is 0.493 e. The number of piperidine rings is 1. The van der Waals surface area contributed by atoms with Crippen LogP contribution in [0.3, 0.4) is 0 Å². The average Bonchev–Trinajstić information content (AvgIpc) is 2.82. The molecule has 3 rings (SSSR count). The molecule has 1 saturated heterocycles. The molecule has 5 nitrogen and oxygen atoms in total. The van der Waals surface area contributed by atoms with Gasteiger partial charge in [0.15, 0.2) is 17.3 Å². The minimum atomic E-state index is -0.0532. The van der Waals surface area contributed by atoms with Gasteiger partial charge in [-0.1, -0.05) is 50.8 Å². The van der Waals surface area contributed by atoms with Crippen molar-refractivity contribution in [3.05, 3.63) is 71.8 Å². The van der Waals surface area contributed by atoms with Crippen LogP contribution in [0.15, 0.2) is 55.1 Å². The predicted molar refractivity (Wildman–Crippen MR) is 127 cm³/mol. The van der Waals surface area contributed by atoms with E-state index < -0.39 is 0 Å². The zero-order valence-corrected chi connectivity index (χ0v) is 19.3. The number of carbonyl (C=O) groups excluding carboxylic acids is 2. The van der Waals surface area contributed by atoms with E-state index in [1.807, 2.05) is 17.0 Å². The molecule has 0 aliphatic carbocycles. The Morgan fingerprint density at radius 2 is 1.72 bits per heavy atom. The second-order valence-corrected chi connectivity index (χ2v) is 8.69. The Kier molecular flexibility index (Phi) is 8.09. The zero-order valence-electron chi connectivity index (χ0n) is 19.3. The smallest absolute Gasteiger partial charge is 0.253 e. The minimum Gasteiger partial charge on any atom is -0.493 e. The van der Waals surface area contributed by atoms with E-state index in [2.05, 4.69) is 32.6 Å². The summed E-state index contributed by atoms with van der Waals surface area (Å²) >= 11 is 0. The molecule has 0 bridgehead atoms. The summed E-state index contributed by atoms with van der Waals surface area (Å²) in [5, 5.41) is 0. The summed E-state index contributed by atoms with van der Waals surface area (Å²) in [6, 6.07) is 13.2. The summed E-state index contributed by atoms with van der Waals surface area (Å²) in [5.74, 6) is 1.77. The van der Waals surface area contributed by atoms with Gasteiger partial charge >= 0.3 is 0 Å². The number of rotatable bonds is 9. The Labute approximate surface area is 191 Å². The maximum absolute atomic E-state index is 13.0. The van der Waals surface area contributed by atoms with Gasteiger partial charge < -0.3 is 14.4 Å². The second-order valence-electron chi connectivity index (χ2n) is 8.69. The van der Waals surface area contributed by atoms with Gasteiger partial charge in [0, 0.05) is 30.1 Å². The van der Waals surface area contributed by atoms with Crippen molar-refractivity contribution in [3.8, 4) is 11.5 Å². The van der Waals surface area contributed by atoms with Gasteiger partial charge in [-0.2, -0.15) is 0 Å². The summed E-state index contributed by atoms with van der Waals surface area (Å²) < 4.78 is 10.9. The van der Waals surface area contributed by atoms with Crippen molar-refractivity contribution < 1.29 is 19.1 Å². The molecule has 0 saturated carbocycles. The Morgan fingerprint density at radius 1 is 1.06 bits per heavy atom. The summed E-state index contributed by atoms with van der Waals surface area (Å²) in [4.78, 5) is 27.8. The number of methoxy groups -OCH3 is 1. The quantitative estimate of drug-likeness (QED) is 0.402. The standard InChI is InChI=1S/C27H33NO4/c1-5-16-32-24-11-10-23(18-25(24)31-4)27(30)28-14-12-22(13-15-28)26(29)21-8-6-20(7-9-21)17-19(2)3/h5-11,18-19,22H,1,12-17H2,2-4H3. The highest BCUT2D eigenvalue weighted by Gasteiger charge is 2.28. The van der Waals surface area contributed by atoms with Crippen LogP contribution in [0.4, 0.5) is 0 Å². The maximum Gasteiger partial charge on any atom is 0.253 e. The highest BCUT2D eigenvalue weighted by Crippen LogP contribution is 2.30. The lowest BCUT2D eigenvalue weighted by molar-refractivity contribution is 0.0650. The van der Waals surface area contributed by atoms with Crippen LogP contribution in [0.25, 0.3) is 0 Å². The molecule has 170 valence electrons. The van der Waals surface area contributed by atoms with Crippen LogP contribution in [-0.2, 0) is 6.42 Å². The number of benzene rings is 2. The van der Waals surface area contributed by atoms with Gasteiger partial charge in [-0.05, 0) is 48.9 Å². The van der Waals surface area contributed by atoms with Crippen molar-refractivity contribution in [2.24, 2.45) is 11.8 Å². The Hall–Kier alpha value is -3.08. The normalized spacial score (nSPS) is 14.3. The van der Waals surface area contributed by atoms with E-state index in [0.29, 0.717) is 55.5 Å². The van der Waals surface area contributed by atoms with Crippen molar-refractivity contribution in [2.45, 2.75) is 33.1 Å². The van der Waals surface area contributed by atoms with Crippen LogP contribution in [0, 0.1) is 11.8 Å².